The zero-order chi connectivity index (χ0) is 11.2. The molecule has 0 bridgehead atoms. The lowest BCUT2D eigenvalue weighted by Crippen LogP contribution is -2.37. The van der Waals surface area contributed by atoms with Gasteiger partial charge in [0, 0.05) is 13.1 Å². The molecule has 0 aliphatic heterocycles. The van der Waals surface area contributed by atoms with Gasteiger partial charge in [-0.1, -0.05) is 19.1 Å². The Kier molecular flexibility index (Phi) is 6.17. The van der Waals surface area contributed by atoms with E-state index in [1.807, 2.05) is 18.9 Å². The summed E-state index contributed by atoms with van der Waals surface area (Å²) in [5.74, 6) is -0.280. The first-order valence-electron chi connectivity index (χ1n) is 4.31. The molecule has 0 spiro atoms. The van der Waals surface area contributed by atoms with E-state index in [0.29, 0.717) is 13.1 Å². The summed E-state index contributed by atoms with van der Waals surface area (Å²) >= 11 is 4.52. The average Bonchev–Trinajstić information content (AvgIpc) is 2.01. The fourth-order valence-electron chi connectivity index (χ4n) is 0.788. The van der Waals surface area contributed by atoms with Crippen LogP contribution in [0, 0.1) is 0 Å². The number of nitrogens with one attached hydrogen (secondary N) is 1. The molecule has 0 aliphatic rings. The van der Waals surface area contributed by atoms with Crippen molar-refractivity contribution in [1.82, 2.24) is 9.62 Å². The Morgan fingerprint density at radius 1 is 1.57 bits per heavy atom. The van der Waals surface area contributed by atoms with Gasteiger partial charge < -0.3 is 10.6 Å². The van der Waals surface area contributed by atoms with Crippen LogP contribution in [0.5, 0.6) is 0 Å². The molecule has 0 fully saturated rings. The predicted molar refractivity (Wildman–Crippen MR) is 61.7 cm³/mol. The fraction of sp³-hybridized carbons (Fsp3) is 0.857. The second-order valence-corrected chi connectivity index (χ2v) is 5.35. The van der Waals surface area contributed by atoms with E-state index in [1.165, 1.54) is 0 Å². The molecule has 0 radical (unpaired) electrons. The largest absolute Gasteiger partial charge is 0.392 e. The van der Waals surface area contributed by atoms with E-state index in [9.17, 15) is 8.42 Å². The van der Waals surface area contributed by atoms with E-state index >= 15 is 0 Å². The number of rotatable bonds is 7. The van der Waals surface area contributed by atoms with Crippen molar-refractivity contribution in [2.24, 2.45) is 5.73 Å². The van der Waals surface area contributed by atoms with Gasteiger partial charge in [-0.05, 0) is 13.6 Å². The van der Waals surface area contributed by atoms with Gasteiger partial charge in [0.2, 0.25) is 10.0 Å². The minimum Gasteiger partial charge on any atom is -0.392 e. The van der Waals surface area contributed by atoms with Crippen LogP contribution in [-0.2, 0) is 10.0 Å². The molecule has 0 atom stereocenters. The quantitative estimate of drug-likeness (QED) is 0.566. The van der Waals surface area contributed by atoms with Crippen molar-refractivity contribution in [1.29, 1.82) is 0 Å². The summed E-state index contributed by atoms with van der Waals surface area (Å²) in [7, 11) is -1.41. The molecule has 0 aromatic rings. The smallest absolute Gasteiger partial charge is 0.218 e. The van der Waals surface area contributed by atoms with Crippen molar-refractivity contribution in [3.05, 3.63) is 0 Å². The Balaban J connectivity index is 3.83. The van der Waals surface area contributed by atoms with Crippen molar-refractivity contribution < 1.29 is 8.42 Å². The van der Waals surface area contributed by atoms with Gasteiger partial charge in [0.15, 0.2) is 0 Å². The van der Waals surface area contributed by atoms with Crippen LogP contribution in [0.4, 0.5) is 0 Å². The maximum Gasteiger partial charge on any atom is 0.218 e. The number of sulfonamides is 1. The lowest BCUT2D eigenvalue weighted by Gasteiger charge is -2.13. The fourth-order valence-corrected chi connectivity index (χ4v) is 2.13. The zero-order valence-corrected chi connectivity index (χ0v) is 10.1. The van der Waals surface area contributed by atoms with Crippen LogP contribution < -0.4 is 10.5 Å². The first-order chi connectivity index (χ1) is 6.37. The van der Waals surface area contributed by atoms with Crippen molar-refractivity contribution >= 4 is 27.2 Å². The van der Waals surface area contributed by atoms with Gasteiger partial charge in [0.05, 0.1) is 4.99 Å². The Labute approximate surface area is 90.7 Å². The summed E-state index contributed by atoms with van der Waals surface area (Å²) < 4.78 is 24.8. The predicted octanol–water partition coefficient (Wildman–Crippen LogP) is -0.856. The van der Waals surface area contributed by atoms with Crippen molar-refractivity contribution in [2.75, 3.05) is 32.4 Å². The summed E-state index contributed by atoms with van der Waals surface area (Å²) in [6, 6.07) is 0. The summed E-state index contributed by atoms with van der Waals surface area (Å²) in [5.41, 5.74) is 5.14. The third kappa shape index (κ3) is 7.19. The third-order valence-electron chi connectivity index (χ3n) is 1.69. The van der Waals surface area contributed by atoms with Gasteiger partial charge in [0.1, 0.15) is 5.75 Å². The monoisotopic (exact) mass is 239 g/mol. The van der Waals surface area contributed by atoms with Crippen molar-refractivity contribution in [2.45, 2.75) is 6.92 Å². The molecule has 7 heteroatoms. The van der Waals surface area contributed by atoms with Crippen LogP contribution in [0.2, 0.25) is 0 Å². The van der Waals surface area contributed by atoms with E-state index in [2.05, 4.69) is 16.9 Å². The molecule has 0 saturated carbocycles. The molecule has 0 rings (SSSR count). The number of nitrogens with zero attached hydrogens (tertiary/aromatic N) is 1. The molecule has 0 saturated heterocycles. The summed E-state index contributed by atoms with van der Waals surface area (Å²) in [4.78, 5) is 1.99. The highest BCUT2D eigenvalue weighted by Crippen LogP contribution is 1.85. The Bertz CT molecular complexity index is 277. The van der Waals surface area contributed by atoms with Gasteiger partial charge >= 0.3 is 0 Å². The van der Waals surface area contributed by atoms with Gasteiger partial charge in [-0.15, -0.1) is 0 Å². The number of hydrogen-bond donors (Lipinski definition) is 2. The van der Waals surface area contributed by atoms with E-state index in [4.69, 9.17) is 5.73 Å². The van der Waals surface area contributed by atoms with Crippen LogP contribution in [0.25, 0.3) is 0 Å². The standard InChI is InChI=1S/C7H17N3O2S2/c1-3-10(2)5-4-9-14(11,12)6-7(8)13/h9H,3-6H2,1-2H3,(H2,8,13). The SMILES string of the molecule is CCN(C)CCNS(=O)(=O)CC(N)=S. The maximum absolute atomic E-state index is 11.2. The second-order valence-electron chi connectivity index (χ2n) is 3.02. The number of nitrogens with two attached hydrogens (primary N) is 1. The molecule has 0 unspecified atom stereocenters. The number of likely N-dealkylation sites (N-methyl/N-ethyl adjacent to an activating group) is 1. The van der Waals surface area contributed by atoms with Crippen LogP contribution in [0.1, 0.15) is 6.92 Å². The molecular weight excluding hydrogens is 222 g/mol. The minimum absolute atomic E-state index is 0.0126. The Morgan fingerprint density at radius 3 is 2.57 bits per heavy atom. The van der Waals surface area contributed by atoms with E-state index in [1.54, 1.807) is 0 Å². The second kappa shape index (κ2) is 6.28. The van der Waals surface area contributed by atoms with E-state index in [0.717, 1.165) is 6.54 Å². The highest BCUT2D eigenvalue weighted by atomic mass is 32.2. The molecule has 0 aliphatic carbocycles. The average molecular weight is 239 g/mol. The first-order valence-corrected chi connectivity index (χ1v) is 6.37. The van der Waals surface area contributed by atoms with Crippen LogP contribution in [0.15, 0.2) is 0 Å². The van der Waals surface area contributed by atoms with Crippen molar-refractivity contribution in [3.63, 3.8) is 0 Å². The molecule has 0 amide bonds. The molecule has 84 valence electrons. The van der Waals surface area contributed by atoms with Crippen LogP contribution >= 0.6 is 12.2 Å². The van der Waals surface area contributed by atoms with E-state index in [-0.39, 0.29) is 10.7 Å². The first kappa shape index (κ1) is 13.8. The molecular formula is C7H17N3O2S2. The number of hydrogen-bond acceptors (Lipinski definition) is 4. The molecule has 14 heavy (non-hydrogen) atoms. The topological polar surface area (TPSA) is 75.4 Å². The van der Waals surface area contributed by atoms with Gasteiger partial charge in [-0.3, -0.25) is 0 Å². The lowest BCUT2D eigenvalue weighted by atomic mass is 10.5. The summed E-state index contributed by atoms with van der Waals surface area (Å²) in [6.07, 6.45) is 0. The van der Waals surface area contributed by atoms with E-state index < -0.39 is 10.0 Å². The maximum atomic E-state index is 11.2. The summed E-state index contributed by atoms with van der Waals surface area (Å²) in [6.45, 7) is 3.95. The minimum atomic E-state index is -3.33. The van der Waals surface area contributed by atoms with Crippen LogP contribution in [0.3, 0.4) is 0 Å². The van der Waals surface area contributed by atoms with Crippen LogP contribution in [-0.4, -0.2) is 50.7 Å². The molecule has 0 aromatic heterocycles. The molecule has 5 nitrogen and oxygen atoms in total. The third-order valence-corrected chi connectivity index (χ3v) is 3.35. The molecule has 0 heterocycles. The molecule has 3 N–H and O–H groups in total. The normalized spacial score (nSPS) is 11.9. The summed E-state index contributed by atoms with van der Waals surface area (Å²) in [5, 5.41) is 0. The van der Waals surface area contributed by atoms with Crippen molar-refractivity contribution in [3.8, 4) is 0 Å². The Hall–Kier alpha value is -0.240. The molecule has 0 aromatic carbocycles. The highest BCUT2D eigenvalue weighted by Gasteiger charge is 2.10. The highest BCUT2D eigenvalue weighted by molar-refractivity contribution is 7.92. The van der Waals surface area contributed by atoms with Gasteiger partial charge in [-0.25, -0.2) is 13.1 Å². The number of thiocarbonyl (C=S) groups is 1. The zero-order valence-electron chi connectivity index (χ0n) is 8.49. The van der Waals surface area contributed by atoms with Gasteiger partial charge in [0.25, 0.3) is 0 Å². The Morgan fingerprint density at radius 2 is 2.14 bits per heavy atom. The van der Waals surface area contributed by atoms with Gasteiger partial charge in [-0.2, -0.15) is 0 Å². The lowest BCUT2D eigenvalue weighted by molar-refractivity contribution is 0.358.